The summed E-state index contributed by atoms with van der Waals surface area (Å²) < 4.78 is 5.47. The Morgan fingerprint density at radius 1 is 1.27 bits per heavy atom. The van der Waals surface area contributed by atoms with Gasteiger partial charge in [-0.3, -0.25) is 20.2 Å². The second kappa shape index (κ2) is 8.26. The number of hydrogen-bond acceptors (Lipinski definition) is 6. The number of hydrogen-bond donors (Lipinski definition) is 3. The Kier molecular flexibility index (Phi) is 6.07. The molecule has 2 aromatic rings. The summed E-state index contributed by atoms with van der Waals surface area (Å²) in [6, 6.07) is 9.14. The Hall–Kier alpha value is -3.20. The smallest absolute Gasteiger partial charge is 0.273 e. The number of aryl methyl sites for hydroxylation is 2. The Balaban J connectivity index is 1.90. The van der Waals surface area contributed by atoms with E-state index in [1.807, 2.05) is 32.0 Å². The van der Waals surface area contributed by atoms with Gasteiger partial charge in [0.05, 0.1) is 16.7 Å². The van der Waals surface area contributed by atoms with Crippen LogP contribution in [-0.2, 0) is 4.79 Å². The van der Waals surface area contributed by atoms with E-state index in [2.05, 4.69) is 10.6 Å². The van der Waals surface area contributed by atoms with Crippen molar-refractivity contribution in [3.05, 3.63) is 57.6 Å². The predicted molar refractivity (Wildman–Crippen MR) is 101 cm³/mol. The van der Waals surface area contributed by atoms with Crippen molar-refractivity contribution in [3.8, 4) is 11.5 Å². The number of nitrogens with zero attached hydrogens (tertiary/aromatic N) is 1. The quantitative estimate of drug-likeness (QED) is 0.319. The first kappa shape index (κ1) is 19.1. The third kappa shape index (κ3) is 5.15. The molecule has 26 heavy (non-hydrogen) atoms. The molecule has 0 bridgehead atoms. The lowest BCUT2D eigenvalue weighted by molar-refractivity contribution is -0.384. The van der Waals surface area contributed by atoms with Gasteiger partial charge in [-0.05, 0) is 49.3 Å². The normalized spacial score (nSPS) is 10.1. The average molecular weight is 375 g/mol. The number of phenols is 1. The largest absolute Gasteiger partial charge is 0.506 e. The first-order valence-electron chi connectivity index (χ1n) is 7.54. The standard InChI is InChI=1S/C17H17N3O5S/c1-10-3-4-11(2)15(7-10)25-9-16(22)19-17(26)18-13-6-5-12(20(23)24)8-14(13)21/h3-8,21H,9H2,1-2H3,(H2,18,19,22,26). The number of non-ortho nitro benzene ring substituents is 1. The van der Waals surface area contributed by atoms with Crippen molar-refractivity contribution in [2.24, 2.45) is 0 Å². The molecule has 0 saturated carbocycles. The lowest BCUT2D eigenvalue weighted by Crippen LogP contribution is -2.37. The van der Waals surface area contributed by atoms with E-state index in [1.165, 1.54) is 12.1 Å². The molecule has 0 saturated heterocycles. The van der Waals surface area contributed by atoms with Gasteiger partial charge in [-0.2, -0.15) is 0 Å². The number of thiocarbonyl (C=S) groups is 1. The maximum atomic E-state index is 11.9. The van der Waals surface area contributed by atoms with E-state index < -0.39 is 10.8 Å². The highest BCUT2D eigenvalue weighted by molar-refractivity contribution is 7.80. The van der Waals surface area contributed by atoms with E-state index in [-0.39, 0.29) is 28.8 Å². The molecule has 0 aliphatic carbocycles. The molecule has 9 heteroatoms. The van der Waals surface area contributed by atoms with Crippen molar-refractivity contribution < 1.29 is 19.6 Å². The molecule has 0 atom stereocenters. The predicted octanol–water partition coefficient (Wildman–Crippen LogP) is 2.81. The van der Waals surface area contributed by atoms with Gasteiger partial charge in [0, 0.05) is 6.07 Å². The number of nitro groups is 1. The van der Waals surface area contributed by atoms with Gasteiger partial charge in [0.1, 0.15) is 11.5 Å². The van der Waals surface area contributed by atoms with Gasteiger partial charge in [0.25, 0.3) is 11.6 Å². The zero-order valence-electron chi connectivity index (χ0n) is 14.1. The van der Waals surface area contributed by atoms with E-state index in [0.29, 0.717) is 5.75 Å². The van der Waals surface area contributed by atoms with Crippen molar-refractivity contribution >= 4 is 34.6 Å². The summed E-state index contributed by atoms with van der Waals surface area (Å²) in [6.07, 6.45) is 0. The molecule has 0 unspecified atom stereocenters. The number of phenolic OH excluding ortho intramolecular Hbond substituents is 1. The SMILES string of the molecule is Cc1ccc(C)c(OCC(=O)NC(=S)Nc2ccc([N+](=O)[O-])cc2O)c1. The van der Waals surface area contributed by atoms with Crippen molar-refractivity contribution in [1.82, 2.24) is 5.32 Å². The van der Waals surface area contributed by atoms with Crippen molar-refractivity contribution in [2.75, 3.05) is 11.9 Å². The van der Waals surface area contributed by atoms with E-state index in [4.69, 9.17) is 17.0 Å². The Morgan fingerprint density at radius 3 is 2.65 bits per heavy atom. The minimum absolute atomic E-state index is 0.0660. The second-order valence-corrected chi connectivity index (χ2v) is 5.93. The van der Waals surface area contributed by atoms with Gasteiger partial charge >= 0.3 is 0 Å². The van der Waals surface area contributed by atoms with Crippen LogP contribution < -0.4 is 15.4 Å². The molecule has 136 valence electrons. The monoisotopic (exact) mass is 375 g/mol. The lowest BCUT2D eigenvalue weighted by atomic mass is 10.1. The molecular weight excluding hydrogens is 358 g/mol. The van der Waals surface area contributed by atoms with Crippen LogP contribution in [0.3, 0.4) is 0 Å². The Bertz CT molecular complexity index is 869. The molecule has 0 aromatic heterocycles. The average Bonchev–Trinajstić information content (AvgIpc) is 2.57. The molecule has 8 nitrogen and oxygen atoms in total. The first-order valence-corrected chi connectivity index (χ1v) is 7.95. The number of anilines is 1. The maximum Gasteiger partial charge on any atom is 0.273 e. The number of carbonyl (C=O) groups excluding carboxylic acids is 1. The molecule has 0 fully saturated rings. The van der Waals surface area contributed by atoms with Gasteiger partial charge in [-0.25, -0.2) is 0 Å². The van der Waals surface area contributed by atoms with Crippen molar-refractivity contribution in [2.45, 2.75) is 13.8 Å². The Morgan fingerprint density at radius 2 is 2.00 bits per heavy atom. The van der Waals surface area contributed by atoms with Crippen LogP contribution in [0.5, 0.6) is 11.5 Å². The summed E-state index contributed by atoms with van der Waals surface area (Å²) in [5.41, 5.74) is 1.79. The number of aromatic hydroxyl groups is 1. The highest BCUT2D eigenvalue weighted by atomic mass is 32.1. The highest BCUT2D eigenvalue weighted by Gasteiger charge is 2.12. The molecule has 3 N–H and O–H groups in total. The number of rotatable bonds is 5. The lowest BCUT2D eigenvalue weighted by Gasteiger charge is -2.12. The summed E-state index contributed by atoms with van der Waals surface area (Å²) in [4.78, 5) is 21.9. The number of amides is 1. The zero-order chi connectivity index (χ0) is 19.3. The number of nitrogens with one attached hydrogen (secondary N) is 2. The molecule has 0 spiro atoms. The minimum Gasteiger partial charge on any atom is -0.506 e. The molecule has 2 rings (SSSR count). The van der Waals surface area contributed by atoms with Crippen LogP contribution in [-0.4, -0.2) is 27.7 Å². The molecule has 0 radical (unpaired) electrons. The Labute approximate surface area is 154 Å². The fourth-order valence-electron chi connectivity index (χ4n) is 2.06. The van der Waals surface area contributed by atoms with Crippen LogP contribution in [0, 0.1) is 24.0 Å². The third-order valence-electron chi connectivity index (χ3n) is 3.40. The van der Waals surface area contributed by atoms with E-state index in [9.17, 15) is 20.0 Å². The van der Waals surface area contributed by atoms with Gasteiger partial charge in [-0.15, -0.1) is 0 Å². The zero-order valence-corrected chi connectivity index (χ0v) is 14.9. The van der Waals surface area contributed by atoms with Crippen LogP contribution >= 0.6 is 12.2 Å². The summed E-state index contributed by atoms with van der Waals surface area (Å²) in [7, 11) is 0. The molecule has 2 aromatic carbocycles. The first-order chi connectivity index (χ1) is 12.3. The highest BCUT2D eigenvalue weighted by Crippen LogP contribution is 2.27. The van der Waals surface area contributed by atoms with Crippen LogP contribution in [0.15, 0.2) is 36.4 Å². The van der Waals surface area contributed by atoms with Gasteiger partial charge in [0.15, 0.2) is 11.7 Å². The molecule has 0 aliphatic heterocycles. The number of benzene rings is 2. The fraction of sp³-hybridized carbons (Fsp3) is 0.176. The summed E-state index contributed by atoms with van der Waals surface area (Å²) >= 11 is 4.99. The minimum atomic E-state index is -0.631. The van der Waals surface area contributed by atoms with Crippen LogP contribution in [0.1, 0.15) is 11.1 Å². The number of carbonyl (C=O) groups is 1. The van der Waals surface area contributed by atoms with Crippen molar-refractivity contribution in [1.29, 1.82) is 0 Å². The number of nitro benzene ring substituents is 1. The summed E-state index contributed by atoms with van der Waals surface area (Å²) in [5.74, 6) is -0.237. The van der Waals surface area contributed by atoms with Crippen LogP contribution in [0.2, 0.25) is 0 Å². The van der Waals surface area contributed by atoms with E-state index in [0.717, 1.165) is 17.2 Å². The van der Waals surface area contributed by atoms with Gasteiger partial charge < -0.3 is 15.2 Å². The summed E-state index contributed by atoms with van der Waals surface area (Å²) in [5, 5.41) is 25.4. The maximum absolute atomic E-state index is 11.9. The van der Waals surface area contributed by atoms with E-state index in [1.54, 1.807) is 0 Å². The van der Waals surface area contributed by atoms with Gasteiger partial charge in [-0.1, -0.05) is 12.1 Å². The molecule has 0 heterocycles. The third-order valence-corrected chi connectivity index (χ3v) is 3.60. The number of ether oxygens (including phenoxy) is 1. The fourth-order valence-corrected chi connectivity index (χ4v) is 2.29. The summed E-state index contributed by atoms with van der Waals surface area (Å²) in [6.45, 7) is 3.55. The van der Waals surface area contributed by atoms with E-state index >= 15 is 0 Å². The van der Waals surface area contributed by atoms with Crippen molar-refractivity contribution in [3.63, 3.8) is 0 Å². The topological polar surface area (TPSA) is 114 Å². The van der Waals surface area contributed by atoms with Crippen LogP contribution in [0.4, 0.5) is 11.4 Å². The van der Waals surface area contributed by atoms with Crippen LogP contribution in [0.25, 0.3) is 0 Å². The van der Waals surface area contributed by atoms with Gasteiger partial charge in [0.2, 0.25) is 0 Å². The second-order valence-electron chi connectivity index (χ2n) is 5.52. The molecular formula is C17H17N3O5S. The molecule has 1 amide bonds. The molecule has 0 aliphatic rings.